The van der Waals surface area contributed by atoms with E-state index in [1.54, 1.807) is 6.92 Å². The van der Waals surface area contributed by atoms with Crippen molar-refractivity contribution in [2.24, 2.45) is 0 Å². The summed E-state index contributed by atoms with van der Waals surface area (Å²) < 4.78 is 5.89. The van der Waals surface area contributed by atoms with Crippen LogP contribution in [-0.2, 0) is 4.79 Å². The minimum atomic E-state index is -0.650. The van der Waals surface area contributed by atoms with E-state index in [0.717, 1.165) is 43.1 Å². The number of para-hydroxylation sites is 1. The first-order valence-electron chi connectivity index (χ1n) is 10.9. The Hall–Kier alpha value is -3.61. The summed E-state index contributed by atoms with van der Waals surface area (Å²) in [6.45, 7) is 9.28. The molecule has 7 heteroatoms. The Morgan fingerprint density at radius 1 is 0.969 bits per heavy atom. The Bertz CT molecular complexity index is 1060. The Balaban J connectivity index is 1.36. The lowest BCUT2D eigenvalue weighted by Gasteiger charge is -2.36. The molecule has 1 unspecified atom stereocenters. The van der Waals surface area contributed by atoms with Gasteiger partial charge < -0.3 is 19.9 Å². The minimum Gasteiger partial charge on any atom is -0.481 e. The molecule has 1 atom stereocenters. The summed E-state index contributed by atoms with van der Waals surface area (Å²) in [5.74, 6) is 1.75. The van der Waals surface area contributed by atoms with Crippen LogP contribution in [0.25, 0.3) is 0 Å². The number of nitrogens with one attached hydrogen (secondary N) is 1. The second kappa shape index (κ2) is 9.68. The fourth-order valence-corrected chi connectivity index (χ4v) is 3.74. The quantitative estimate of drug-likeness (QED) is 0.640. The van der Waals surface area contributed by atoms with Gasteiger partial charge in [0.15, 0.2) is 6.10 Å². The SMILES string of the molecule is Cc1cccc(OC(C)C(=O)Nc2cc(N3CCN(c4ccccc4)CC3)ncn2)c1C. The van der Waals surface area contributed by atoms with Gasteiger partial charge in [-0.3, -0.25) is 4.79 Å². The standard InChI is InChI=1S/C25H29N5O2/c1-18-8-7-11-22(19(18)2)32-20(3)25(31)28-23-16-24(27-17-26-23)30-14-12-29(13-15-30)21-9-5-4-6-10-21/h4-11,16-17,20H,12-15H2,1-3H3,(H,26,27,28,31). The summed E-state index contributed by atoms with van der Waals surface area (Å²) in [7, 11) is 0. The molecule has 0 spiro atoms. The van der Waals surface area contributed by atoms with Crippen LogP contribution in [0.4, 0.5) is 17.3 Å². The van der Waals surface area contributed by atoms with E-state index in [1.165, 1.54) is 12.0 Å². The van der Waals surface area contributed by atoms with Crippen molar-refractivity contribution >= 4 is 23.2 Å². The second-order valence-electron chi connectivity index (χ2n) is 8.02. The molecular weight excluding hydrogens is 402 g/mol. The van der Waals surface area contributed by atoms with E-state index in [2.05, 4.69) is 49.4 Å². The molecule has 0 aliphatic carbocycles. The number of nitrogens with zero attached hydrogens (tertiary/aromatic N) is 4. The molecule has 1 amide bonds. The Kier molecular flexibility index (Phi) is 6.54. The zero-order valence-corrected chi connectivity index (χ0v) is 18.8. The van der Waals surface area contributed by atoms with Gasteiger partial charge in [-0.25, -0.2) is 9.97 Å². The van der Waals surface area contributed by atoms with Crippen LogP contribution in [0.15, 0.2) is 60.9 Å². The summed E-state index contributed by atoms with van der Waals surface area (Å²) >= 11 is 0. The molecule has 3 aromatic rings. The maximum atomic E-state index is 12.7. The summed E-state index contributed by atoms with van der Waals surface area (Å²) in [6.07, 6.45) is 0.841. The average Bonchev–Trinajstić information content (AvgIpc) is 2.83. The number of benzene rings is 2. The van der Waals surface area contributed by atoms with Gasteiger partial charge in [-0.05, 0) is 50.1 Å². The van der Waals surface area contributed by atoms with Crippen LogP contribution in [0.3, 0.4) is 0 Å². The highest BCUT2D eigenvalue weighted by atomic mass is 16.5. The third-order valence-corrected chi connectivity index (χ3v) is 5.86. The molecule has 0 radical (unpaired) electrons. The number of aromatic nitrogens is 2. The second-order valence-corrected chi connectivity index (χ2v) is 8.02. The number of amides is 1. The molecule has 0 bridgehead atoms. The highest BCUT2D eigenvalue weighted by Crippen LogP contribution is 2.23. The van der Waals surface area contributed by atoms with E-state index in [-0.39, 0.29) is 5.91 Å². The number of anilines is 3. The molecule has 1 aliphatic rings. The molecule has 1 N–H and O–H groups in total. The van der Waals surface area contributed by atoms with Crippen LogP contribution >= 0.6 is 0 Å². The topological polar surface area (TPSA) is 70.6 Å². The molecule has 166 valence electrons. The van der Waals surface area contributed by atoms with Gasteiger partial charge in [0.25, 0.3) is 5.91 Å². The third-order valence-electron chi connectivity index (χ3n) is 5.86. The lowest BCUT2D eigenvalue weighted by atomic mass is 10.1. The Morgan fingerprint density at radius 3 is 2.44 bits per heavy atom. The van der Waals surface area contributed by atoms with Gasteiger partial charge in [0.05, 0.1) is 0 Å². The van der Waals surface area contributed by atoms with E-state index in [0.29, 0.717) is 11.6 Å². The zero-order chi connectivity index (χ0) is 22.5. The van der Waals surface area contributed by atoms with Crippen molar-refractivity contribution < 1.29 is 9.53 Å². The van der Waals surface area contributed by atoms with Gasteiger partial charge in [0.2, 0.25) is 0 Å². The number of hydrogen-bond donors (Lipinski definition) is 1. The molecule has 1 saturated heterocycles. The molecule has 4 rings (SSSR count). The molecule has 7 nitrogen and oxygen atoms in total. The number of aryl methyl sites for hydroxylation is 1. The highest BCUT2D eigenvalue weighted by Gasteiger charge is 2.20. The van der Waals surface area contributed by atoms with Crippen molar-refractivity contribution in [1.82, 2.24) is 9.97 Å². The van der Waals surface area contributed by atoms with Crippen LogP contribution in [0.5, 0.6) is 5.75 Å². The van der Waals surface area contributed by atoms with Crippen molar-refractivity contribution in [3.63, 3.8) is 0 Å². The molecule has 32 heavy (non-hydrogen) atoms. The van der Waals surface area contributed by atoms with Gasteiger partial charge >= 0.3 is 0 Å². The summed E-state index contributed by atoms with van der Waals surface area (Å²) in [6, 6.07) is 18.1. The number of carbonyl (C=O) groups excluding carboxylic acids is 1. The normalized spacial score (nSPS) is 14.7. The summed E-state index contributed by atoms with van der Waals surface area (Å²) in [4.78, 5) is 25.9. The Morgan fingerprint density at radius 2 is 1.69 bits per heavy atom. The van der Waals surface area contributed by atoms with Crippen molar-refractivity contribution in [3.05, 3.63) is 72.1 Å². The maximum absolute atomic E-state index is 12.7. The zero-order valence-electron chi connectivity index (χ0n) is 18.8. The maximum Gasteiger partial charge on any atom is 0.266 e. The van der Waals surface area contributed by atoms with Crippen molar-refractivity contribution in [2.75, 3.05) is 41.3 Å². The highest BCUT2D eigenvalue weighted by molar-refractivity contribution is 5.93. The van der Waals surface area contributed by atoms with E-state index in [9.17, 15) is 4.79 Å². The number of hydrogen-bond acceptors (Lipinski definition) is 6. The van der Waals surface area contributed by atoms with Crippen LogP contribution < -0.4 is 19.9 Å². The van der Waals surface area contributed by atoms with E-state index < -0.39 is 6.10 Å². The van der Waals surface area contributed by atoms with E-state index in [4.69, 9.17) is 4.74 Å². The first-order valence-corrected chi connectivity index (χ1v) is 10.9. The Labute approximate surface area is 189 Å². The van der Waals surface area contributed by atoms with Crippen LogP contribution in [0, 0.1) is 13.8 Å². The van der Waals surface area contributed by atoms with Gasteiger partial charge in [-0.15, -0.1) is 0 Å². The predicted molar refractivity (Wildman–Crippen MR) is 128 cm³/mol. The molecular formula is C25H29N5O2. The largest absolute Gasteiger partial charge is 0.481 e. The van der Waals surface area contributed by atoms with Crippen molar-refractivity contribution in [1.29, 1.82) is 0 Å². The molecule has 2 aromatic carbocycles. The summed E-state index contributed by atoms with van der Waals surface area (Å²) in [5.41, 5.74) is 3.40. The predicted octanol–water partition coefficient (Wildman–Crippen LogP) is 3.83. The first kappa shape index (κ1) is 21.6. The fraction of sp³-hybridized carbons (Fsp3) is 0.320. The van der Waals surface area contributed by atoms with Gasteiger partial charge in [-0.1, -0.05) is 30.3 Å². The third kappa shape index (κ3) is 4.99. The van der Waals surface area contributed by atoms with Gasteiger partial charge in [0, 0.05) is 37.9 Å². The molecule has 1 aliphatic heterocycles. The van der Waals surface area contributed by atoms with E-state index in [1.807, 2.05) is 44.2 Å². The van der Waals surface area contributed by atoms with Crippen LogP contribution in [0.2, 0.25) is 0 Å². The molecule has 2 heterocycles. The number of rotatable bonds is 6. The number of carbonyl (C=O) groups is 1. The van der Waals surface area contributed by atoms with Gasteiger partial charge in [0.1, 0.15) is 23.7 Å². The van der Waals surface area contributed by atoms with Crippen LogP contribution in [-0.4, -0.2) is 48.2 Å². The first-order chi connectivity index (χ1) is 15.5. The lowest BCUT2D eigenvalue weighted by Crippen LogP contribution is -2.46. The molecule has 0 saturated carbocycles. The number of ether oxygens (including phenoxy) is 1. The minimum absolute atomic E-state index is 0.246. The average molecular weight is 432 g/mol. The monoisotopic (exact) mass is 431 g/mol. The number of piperazine rings is 1. The van der Waals surface area contributed by atoms with Gasteiger partial charge in [-0.2, -0.15) is 0 Å². The fourth-order valence-electron chi connectivity index (χ4n) is 3.74. The van der Waals surface area contributed by atoms with Crippen molar-refractivity contribution in [2.45, 2.75) is 26.9 Å². The smallest absolute Gasteiger partial charge is 0.266 e. The summed E-state index contributed by atoms with van der Waals surface area (Å²) in [5, 5.41) is 2.86. The van der Waals surface area contributed by atoms with Crippen LogP contribution in [0.1, 0.15) is 18.1 Å². The molecule has 1 aromatic heterocycles. The van der Waals surface area contributed by atoms with E-state index >= 15 is 0 Å². The molecule has 1 fully saturated rings. The van der Waals surface area contributed by atoms with Crippen molar-refractivity contribution in [3.8, 4) is 5.75 Å². The lowest BCUT2D eigenvalue weighted by molar-refractivity contribution is -0.122.